The zero-order valence-electron chi connectivity index (χ0n) is 24.8. The van der Waals surface area contributed by atoms with Crippen molar-refractivity contribution in [3.63, 3.8) is 0 Å². The topological polar surface area (TPSA) is 121 Å². The van der Waals surface area contributed by atoms with Gasteiger partial charge >= 0.3 is 6.09 Å². The fourth-order valence-corrected chi connectivity index (χ4v) is 4.83. The Morgan fingerprint density at radius 2 is 1.30 bits per heavy atom. The largest absolute Gasteiger partial charge is 0.449 e. The fraction of sp³-hybridized carbons (Fsp3) is 0.833. The van der Waals surface area contributed by atoms with Crippen LogP contribution < -0.4 is 10.6 Å². The van der Waals surface area contributed by atoms with Crippen LogP contribution in [0.25, 0.3) is 0 Å². The van der Waals surface area contributed by atoms with Crippen molar-refractivity contribution >= 4 is 17.8 Å². The second-order valence-corrected chi connectivity index (χ2v) is 11.0. The average molecular weight is 567 g/mol. The molecule has 0 aromatic carbocycles. The first-order chi connectivity index (χ1) is 19.3. The second-order valence-electron chi connectivity index (χ2n) is 11.0. The van der Waals surface area contributed by atoms with Gasteiger partial charge in [-0.1, -0.05) is 27.7 Å². The Balaban J connectivity index is 1.31. The van der Waals surface area contributed by atoms with Crippen LogP contribution in [0, 0.1) is 41.4 Å². The monoisotopic (exact) mass is 566 g/mol. The van der Waals surface area contributed by atoms with Crippen molar-refractivity contribution < 1.29 is 38.1 Å². The van der Waals surface area contributed by atoms with E-state index in [1.165, 1.54) is 0 Å². The number of carbonyl (C=O) groups excluding carboxylic acids is 3. The number of alkyl carbamates (subject to hydrolysis) is 1. The summed E-state index contributed by atoms with van der Waals surface area (Å²) in [5.41, 5.74) is 0. The van der Waals surface area contributed by atoms with Crippen LogP contribution >= 0.6 is 0 Å². The van der Waals surface area contributed by atoms with E-state index in [1.54, 1.807) is 0 Å². The van der Waals surface area contributed by atoms with Crippen LogP contribution in [0.15, 0.2) is 0 Å². The van der Waals surface area contributed by atoms with Gasteiger partial charge in [0.1, 0.15) is 0 Å². The second kappa shape index (κ2) is 19.8. The van der Waals surface area contributed by atoms with Gasteiger partial charge in [0, 0.05) is 31.7 Å². The highest BCUT2D eigenvalue weighted by molar-refractivity contribution is 5.90. The molecule has 228 valence electrons. The molecule has 2 amide bonds. The van der Waals surface area contributed by atoms with Gasteiger partial charge in [-0.25, -0.2) is 4.79 Å². The Bertz CT molecular complexity index is 804. The van der Waals surface area contributed by atoms with Gasteiger partial charge in [0.2, 0.25) is 5.91 Å². The molecule has 2 rings (SSSR count). The molecule has 10 nitrogen and oxygen atoms in total. The molecule has 0 aromatic heterocycles. The van der Waals surface area contributed by atoms with E-state index in [-0.39, 0.29) is 36.6 Å². The molecule has 1 fully saturated rings. The van der Waals surface area contributed by atoms with Gasteiger partial charge in [-0.3, -0.25) is 9.59 Å². The lowest BCUT2D eigenvalue weighted by Crippen LogP contribution is -2.46. The Kier molecular flexibility index (Phi) is 16.8. The molecule has 3 atom stereocenters. The molecule has 0 aliphatic heterocycles. The number of hydrogen-bond donors (Lipinski definition) is 2. The molecule has 40 heavy (non-hydrogen) atoms. The van der Waals surface area contributed by atoms with Crippen LogP contribution in [0.2, 0.25) is 0 Å². The van der Waals surface area contributed by atoms with E-state index in [9.17, 15) is 14.4 Å². The van der Waals surface area contributed by atoms with Crippen molar-refractivity contribution in [2.75, 3.05) is 66.0 Å². The number of fused-ring (bicyclic) bond motifs is 1. The molecule has 2 N–H and O–H groups in total. The minimum Gasteiger partial charge on any atom is -0.449 e. The van der Waals surface area contributed by atoms with Crippen LogP contribution in [-0.4, -0.2) is 89.8 Å². The van der Waals surface area contributed by atoms with Crippen LogP contribution in [0.3, 0.4) is 0 Å². The predicted molar refractivity (Wildman–Crippen MR) is 151 cm³/mol. The molecule has 2 aliphatic carbocycles. The normalized spacial score (nSPS) is 20.5. The van der Waals surface area contributed by atoms with Gasteiger partial charge in [-0.05, 0) is 36.5 Å². The number of rotatable bonds is 21. The summed E-state index contributed by atoms with van der Waals surface area (Å²) in [7, 11) is 0. The maximum Gasteiger partial charge on any atom is 0.407 e. The molecule has 10 heteroatoms. The number of hydrogen-bond acceptors (Lipinski definition) is 8. The molecule has 0 bridgehead atoms. The smallest absolute Gasteiger partial charge is 0.407 e. The Morgan fingerprint density at radius 3 is 1.82 bits per heavy atom. The van der Waals surface area contributed by atoms with Gasteiger partial charge in [0.05, 0.1) is 65.5 Å². The highest BCUT2D eigenvalue weighted by atomic mass is 16.6. The Hall–Kier alpha value is -2.19. The molecule has 0 aromatic rings. The SMILES string of the molecule is CC(C)C(=O)[C@@H](NC(=O)CCOCCOCCOCCOCCNC(=O)OCC1C2CCC#CCCC21)C(C)C. The van der Waals surface area contributed by atoms with E-state index >= 15 is 0 Å². The van der Waals surface area contributed by atoms with Crippen LogP contribution in [-0.2, 0) is 33.3 Å². The average Bonchev–Trinajstić information content (AvgIpc) is 3.56. The van der Waals surface area contributed by atoms with Crippen molar-refractivity contribution in [3.8, 4) is 11.8 Å². The third kappa shape index (κ3) is 13.9. The van der Waals surface area contributed by atoms with Gasteiger partial charge < -0.3 is 34.3 Å². The lowest BCUT2D eigenvalue weighted by atomic mass is 9.93. The van der Waals surface area contributed by atoms with Crippen molar-refractivity contribution in [1.29, 1.82) is 0 Å². The van der Waals surface area contributed by atoms with Crippen molar-refractivity contribution in [2.24, 2.45) is 29.6 Å². The maximum atomic E-state index is 12.2. The van der Waals surface area contributed by atoms with Gasteiger partial charge in [0.25, 0.3) is 0 Å². The molecule has 1 saturated carbocycles. The lowest BCUT2D eigenvalue weighted by molar-refractivity contribution is -0.131. The fourth-order valence-electron chi connectivity index (χ4n) is 4.83. The molecule has 2 unspecified atom stereocenters. The lowest BCUT2D eigenvalue weighted by Gasteiger charge is -2.23. The predicted octanol–water partition coefficient (Wildman–Crippen LogP) is 2.97. The Morgan fingerprint density at radius 1 is 0.775 bits per heavy atom. The third-order valence-electron chi connectivity index (χ3n) is 7.21. The van der Waals surface area contributed by atoms with E-state index in [4.69, 9.17) is 23.7 Å². The molecule has 0 radical (unpaired) electrons. The van der Waals surface area contributed by atoms with E-state index in [0.29, 0.717) is 77.2 Å². The summed E-state index contributed by atoms with van der Waals surface area (Å²) in [6.45, 7) is 11.6. The van der Waals surface area contributed by atoms with Crippen molar-refractivity contribution in [3.05, 3.63) is 0 Å². The third-order valence-corrected chi connectivity index (χ3v) is 7.21. The standard InChI is InChI=1S/C30H50N2O8/c1-22(2)28(29(34)23(3)4)32-27(33)11-13-36-15-17-38-19-20-39-18-16-37-14-12-31-30(35)40-21-26-24-9-7-5-6-8-10-25(24)26/h22-26,28H,7-21H2,1-4H3,(H,31,35)(H,32,33)/t24?,25?,26?,28-/m0/s1. The van der Waals surface area contributed by atoms with E-state index < -0.39 is 12.1 Å². The van der Waals surface area contributed by atoms with Crippen molar-refractivity contribution in [1.82, 2.24) is 10.6 Å². The minimum atomic E-state index is -0.464. The van der Waals surface area contributed by atoms with Gasteiger partial charge in [-0.15, -0.1) is 11.8 Å². The summed E-state index contributed by atoms with van der Waals surface area (Å²) >= 11 is 0. The van der Waals surface area contributed by atoms with Gasteiger partial charge in [0.15, 0.2) is 5.78 Å². The van der Waals surface area contributed by atoms with E-state index in [1.807, 2.05) is 27.7 Å². The van der Waals surface area contributed by atoms with E-state index in [2.05, 4.69) is 22.5 Å². The van der Waals surface area contributed by atoms with Crippen molar-refractivity contribution in [2.45, 2.75) is 65.8 Å². The molecular weight excluding hydrogens is 516 g/mol. The molecule has 0 saturated heterocycles. The summed E-state index contributed by atoms with van der Waals surface area (Å²) in [5.74, 6) is 7.99. The minimum absolute atomic E-state index is 0.0436. The Labute approximate surface area is 239 Å². The molecule has 0 heterocycles. The summed E-state index contributed by atoms with van der Waals surface area (Å²) in [6, 6.07) is -0.464. The van der Waals surface area contributed by atoms with Crippen LogP contribution in [0.5, 0.6) is 0 Å². The van der Waals surface area contributed by atoms with Gasteiger partial charge in [-0.2, -0.15) is 0 Å². The number of ketones is 1. The quantitative estimate of drug-likeness (QED) is 0.161. The zero-order chi connectivity index (χ0) is 29.2. The van der Waals surface area contributed by atoms with Crippen LogP contribution in [0.4, 0.5) is 4.79 Å². The number of nitrogens with one attached hydrogen (secondary N) is 2. The maximum absolute atomic E-state index is 12.2. The first-order valence-electron chi connectivity index (χ1n) is 14.8. The summed E-state index contributed by atoms with van der Waals surface area (Å²) in [5, 5.41) is 5.54. The molecular formula is C30H50N2O8. The first-order valence-corrected chi connectivity index (χ1v) is 14.8. The van der Waals surface area contributed by atoms with Crippen LogP contribution in [0.1, 0.15) is 59.8 Å². The summed E-state index contributed by atoms with van der Waals surface area (Å²) < 4.78 is 27.2. The highest BCUT2D eigenvalue weighted by Gasteiger charge is 2.49. The van der Waals surface area contributed by atoms with E-state index in [0.717, 1.165) is 25.7 Å². The highest BCUT2D eigenvalue weighted by Crippen LogP contribution is 2.52. The number of amides is 2. The number of Topliss-reactive ketones (excluding diaryl/α,β-unsaturated/α-hetero) is 1. The summed E-state index contributed by atoms with van der Waals surface area (Å²) in [4.78, 5) is 36.2. The zero-order valence-corrected chi connectivity index (χ0v) is 24.8. The first kappa shape index (κ1) is 34.0. The molecule has 0 spiro atoms. The molecule has 2 aliphatic rings. The number of carbonyl (C=O) groups is 3. The number of ether oxygens (including phenoxy) is 5. The summed E-state index contributed by atoms with van der Waals surface area (Å²) in [6.07, 6.45) is 3.96.